The van der Waals surface area contributed by atoms with E-state index in [4.69, 9.17) is 16.0 Å². The molecule has 0 aliphatic heterocycles. The van der Waals surface area contributed by atoms with Crippen LogP contribution in [-0.2, 0) is 0 Å². The Labute approximate surface area is 169 Å². The summed E-state index contributed by atoms with van der Waals surface area (Å²) in [5.41, 5.74) is -0.343. The lowest BCUT2D eigenvalue weighted by Gasteiger charge is -2.00. The molecule has 1 heterocycles. The fraction of sp³-hybridized carbons (Fsp3) is 0. The number of hydrogen-bond donors (Lipinski definition) is 0. The second-order valence-corrected chi connectivity index (χ2v) is 7.03. The average Bonchev–Trinajstić information content (AvgIpc) is 3.14. The lowest BCUT2D eigenvalue weighted by molar-refractivity contribution is -0.384. The van der Waals surface area contributed by atoms with Crippen LogP contribution in [0.5, 0.6) is 0 Å². The number of furan rings is 1. The summed E-state index contributed by atoms with van der Waals surface area (Å²) >= 11 is 7.22. The number of nitriles is 1. The van der Waals surface area contributed by atoms with Crippen molar-refractivity contribution in [2.75, 3.05) is 0 Å². The summed E-state index contributed by atoms with van der Waals surface area (Å²) in [6.07, 6.45) is 1.31. The maximum absolute atomic E-state index is 12.5. The molecular formula is C20H11ClN2O4S. The standard InChI is InChI=1S/C20H11ClN2O4S/c21-15-4-7-18(8-5-15)28-19-9-6-17(27-19)11-14(12-22)20(24)13-2-1-3-16(10-13)23(25)26/h1-11H/b14-11+. The third-order valence-corrected chi connectivity index (χ3v) is 4.79. The number of hydrogen-bond acceptors (Lipinski definition) is 6. The van der Waals surface area contributed by atoms with Crippen LogP contribution in [0.1, 0.15) is 16.1 Å². The van der Waals surface area contributed by atoms with Crippen molar-refractivity contribution >= 4 is 40.9 Å². The molecule has 2 aromatic carbocycles. The first-order chi connectivity index (χ1) is 13.5. The van der Waals surface area contributed by atoms with Gasteiger partial charge in [-0.1, -0.05) is 35.5 Å². The van der Waals surface area contributed by atoms with Gasteiger partial charge in [0, 0.05) is 33.7 Å². The molecule has 0 N–H and O–H groups in total. The Balaban J connectivity index is 1.81. The SMILES string of the molecule is N#C/C(=C\c1ccc(Sc2ccc(Cl)cc2)o1)C(=O)c1cccc([N+](=O)[O-])c1. The van der Waals surface area contributed by atoms with E-state index in [0.717, 1.165) is 11.0 Å². The van der Waals surface area contributed by atoms with Gasteiger partial charge in [0.2, 0.25) is 5.78 Å². The van der Waals surface area contributed by atoms with E-state index in [2.05, 4.69) is 0 Å². The molecule has 0 radical (unpaired) electrons. The molecule has 0 saturated heterocycles. The molecule has 1 aromatic heterocycles. The second-order valence-electron chi connectivity index (χ2n) is 5.52. The molecule has 0 amide bonds. The number of rotatable bonds is 6. The van der Waals surface area contributed by atoms with Crippen molar-refractivity contribution in [2.45, 2.75) is 9.99 Å². The van der Waals surface area contributed by atoms with E-state index in [0.29, 0.717) is 15.9 Å². The molecule has 6 nitrogen and oxygen atoms in total. The average molecular weight is 411 g/mol. The number of nitrogens with zero attached hydrogens (tertiary/aromatic N) is 2. The van der Waals surface area contributed by atoms with Gasteiger partial charge < -0.3 is 4.42 Å². The molecule has 0 unspecified atom stereocenters. The van der Waals surface area contributed by atoms with Crippen molar-refractivity contribution in [3.8, 4) is 6.07 Å². The largest absolute Gasteiger partial charge is 0.450 e. The Morgan fingerprint density at radius 1 is 1.18 bits per heavy atom. The van der Waals surface area contributed by atoms with Gasteiger partial charge in [0.05, 0.1) is 4.92 Å². The normalized spacial score (nSPS) is 11.1. The molecule has 0 aliphatic carbocycles. The summed E-state index contributed by atoms with van der Waals surface area (Å²) in [5, 5.41) is 21.4. The third kappa shape index (κ3) is 4.68. The molecule has 8 heteroatoms. The molecule has 138 valence electrons. The van der Waals surface area contributed by atoms with E-state index in [9.17, 15) is 20.2 Å². The molecule has 3 aromatic rings. The van der Waals surface area contributed by atoms with E-state index >= 15 is 0 Å². The van der Waals surface area contributed by atoms with Crippen molar-refractivity contribution in [2.24, 2.45) is 0 Å². The number of nitro groups is 1. The number of Topliss-reactive ketones (excluding diaryl/α,β-unsaturated/α-hetero) is 1. The van der Waals surface area contributed by atoms with E-state index in [-0.39, 0.29) is 16.8 Å². The summed E-state index contributed by atoms with van der Waals surface area (Å²) < 4.78 is 5.64. The summed E-state index contributed by atoms with van der Waals surface area (Å²) in [7, 11) is 0. The van der Waals surface area contributed by atoms with Crippen LogP contribution in [-0.4, -0.2) is 10.7 Å². The van der Waals surface area contributed by atoms with Gasteiger partial charge in [-0.2, -0.15) is 5.26 Å². The van der Waals surface area contributed by atoms with Gasteiger partial charge in [-0.05, 0) is 36.4 Å². The fourth-order valence-electron chi connectivity index (χ4n) is 2.29. The van der Waals surface area contributed by atoms with Crippen molar-refractivity contribution in [3.63, 3.8) is 0 Å². The zero-order valence-corrected chi connectivity index (χ0v) is 15.7. The van der Waals surface area contributed by atoms with Crippen LogP contribution in [0.15, 0.2) is 80.6 Å². The maximum atomic E-state index is 12.5. The van der Waals surface area contributed by atoms with Gasteiger partial charge in [0.25, 0.3) is 5.69 Å². The van der Waals surface area contributed by atoms with Crippen molar-refractivity contribution < 1.29 is 14.1 Å². The molecule has 0 bridgehead atoms. The van der Waals surface area contributed by atoms with Gasteiger partial charge >= 0.3 is 0 Å². The third-order valence-electron chi connectivity index (χ3n) is 3.61. The number of benzene rings is 2. The molecule has 0 atom stereocenters. The fourth-order valence-corrected chi connectivity index (χ4v) is 3.20. The van der Waals surface area contributed by atoms with Crippen LogP contribution in [0.4, 0.5) is 5.69 Å². The summed E-state index contributed by atoms with van der Waals surface area (Å²) in [6, 6.07) is 17.6. The summed E-state index contributed by atoms with van der Waals surface area (Å²) in [4.78, 5) is 23.7. The van der Waals surface area contributed by atoms with Crippen molar-refractivity contribution in [1.29, 1.82) is 5.26 Å². The minimum Gasteiger partial charge on any atom is -0.450 e. The summed E-state index contributed by atoms with van der Waals surface area (Å²) in [6.45, 7) is 0. The smallest absolute Gasteiger partial charge is 0.270 e. The molecule has 3 rings (SSSR count). The highest BCUT2D eigenvalue weighted by atomic mass is 35.5. The van der Waals surface area contributed by atoms with Crippen molar-refractivity contribution in [3.05, 3.63) is 92.7 Å². The molecule has 0 spiro atoms. The molecule has 0 fully saturated rings. The number of allylic oxidation sites excluding steroid dienone is 1. The van der Waals surface area contributed by atoms with Crippen LogP contribution < -0.4 is 0 Å². The zero-order chi connectivity index (χ0) is 20.1. The van der Waals surface area contributed by atoms with E-state index in [1.807, 2.05) is 18.2 Å². The monoisotopic (exact) mass is 410 g/mol. The molecular weight excluding hydrogens is 400 g/mol. The highest BCUT2D eigenvalue weighted by molar-refractivity contribution is 7.99. The lowest BCUT2D eigenvalue weighted by atomic mass is 10.0. The number of nitro benzene ring substituents is 1. The summed E-state index contributed by atoms with van der Waals surface area (Å²) in [5.74, 6) is -0.290. The van der Waals surface area contributed by atoms with Crippen LogP contribution in [0.25, 0.3) is 6.08 Å². The Hall–Kier alpha value is -3.34. The van der Waals surface area contributed by atoms with Gasteiger partial charge in [-0.15, -0.1) is 0 Å². The van der Waals surface area contributed by atoms with Gasteiger partial charge in [-0.25, -0.2) is 0 Å². The maximum Gasteiger partial charge on any atom is 0.270 e. The first kappa shape index (κ1) is 19.4. The van der Waals surface area contributed by atoms with Crippen molar-refractivity contribution in [1.82, 2.24) is 0 Å². The topological polar surface area (TPSA) is 97.1 Å². The highest BCUT2D eigenvalue weighted by Crippen LogP contribution is 2.30. The van der Waals surface area contributed by atoms with Crippen LogP contribution >= 0.6 is 23.4 Å². The Kier molecular flexibility index (Phi) is 5.94. The molecule has 28 heavy (non-hydrogen) atoms. The predicted octanol–water partition coefficient (Wildman–Crippen LogP) is 5.78. The second kappa shape index (κ2) is 8.57. The van der Waals surface area contributed by atoms with Crippen LogP contribution in [0.2, 0.25) is 5.02 Å². The molecule has 0 aliphatic rings. The van der Waals surface area contributed by atoms with Crippen LogP contribution in [0.3, 0.4) is 0 Å². The number of carbonyl (C=O) groups excluding carboxylic acids is 1. The first-order valence-corrected chi connectivity index (χ1v) is 9.10. The number of ketones is 1. The number of halogens is 1. The first-order valence-electron chi connectivity index (χ1n) is 7.90. The Morgan fingerprint density at radius 3 is 2.61 bits per heavy atom. The lowest BCUT2D eigenvalue weighted by Crippen LogP contribution is -2.02. The van der Waals surface area contributed by atoms with Gasteiger partial charge in [0.15, 0.2) is 5.09 Å². The van der Waals surface area contributed by atoms with E-state index in [1.165, 1.54) is 36.0 Å². The van der Waals surface area contributed by atoms with Gasteiger partial charge in [0.1, 0.15) is 17.4 Å². The Bertz CT molecular complexity index is 1110. The van der Waals surface area contributed by atoms with E-state index < -0.39 is 10.7 Å². The molecule has 0 saturated carbocycles. The van der Waals surface area contributed by atoms with E-state index in [1.54, 1.807) is 24.3 Å². The Morgan fingerprint density at radius 2 is 1.93 bits per heavy atom. The minimum atomic E-state index is -0.616. The quantitative estimate of drug-likeness (QED) is 0.168. The van der Waals surface area contributed by atoms with Gasteiger partial charge in [-0.3, -0.25) is 14.9 Å². The zero-order valence-electron chi connectivity index (χ0n) is 14.2. The van der Waals surface area contributed by atoms with Crippen LogP contribution in [0, 0.1) is 21.4 Å². The highest BCUT2D eigenvalue weighted by Gasteiger charge is 2.16. The minimum absolute atomic E-state index is 0.0596. The predicted molar refractivity (Wildman–Crippen MR) is 105 cm³/mol. The number of non-ortho nitro benzene ring substituents is 1. The number of carbonyl (C=O) groups is 1.